The van der Waals surface area contributed by atoms with Crippen LogP contribution in [0.2, 0.25) is 0 Å². The zero-order valence-corrected chi connectivity index (χ0v) is 7.94. The van der Waals surface area contributed by atoms with Gasteiger partial charge in [-0.25, -0.2) is 4.79 Å². The monoisotopic (exact) mass is 186 g/mol. The number of carbonyl (C=O) groups is 1. The molecule has 0 bridgehead atoms. The lowest BCUT2D eigenvalue weighted by molar-refractivity contribution is -0.127. The van der Waals surface area contributed by atoms with Crippen molar-refractivity contribution in [1.29, 1.82) is 0 Å². The van der Waals surface area contributed by atoms with E-state index in [0.717, 1.165) is 0 Å². The molecule has 12 heavy (non-hydrogen) atoms. The van der Waals surface area contributed by atoms with Gasteiger partial charge in [0.05, 0.1) is 12.0 Å². The van der Waals surface area contributed by atoms with Gasteiger partial charge in [-0.05, 0) is 12.8 Å². The lowest BCUT2D eigenvalue weighted by atomic mass is 10.0. The molecule has 1 fully saturated rings. The molecule has 0 saturated heterocycles. The molecule has 2 nitrogen and oxygen atoms in total. The average molecular weight is 186 g/mol. The summed E-state index contributed by atoms with van der Waals surface area (Å²) in [5.74, 6) is -0.328. The van der Waals surface area contributed by atoms with E-state index in [1.54, 1.807) is 0 Å². The molecular weight excluding hydrogens is 172 g/mol. The molecule has 3 heteroatoms. The normalized spacial score (nSPS) is 18.7. The summed E-state index contributed by atoms with van der Waals surface area (Å²) < 4.78 is 4.89. The van der Waals surface area contributed by atoms with E-state index in [2.05, 4.69) is 6.58 Å². The van der Waals surface area contributed by atoms with Gasteiger partial charge in [0.15, 0.2) is 0 Å². The van der Waals surface area contributed by atoms with Gasteiger partial charge in [0.1, 0.15) is 0 Å². The highest BCUT2D eigenvalue weighted by molar-refractivity contribution is 7.95. The van der Waals surface area contributed by atoms with Crippen LogP contribution in [0.25, 0.3) is 0 Å². The number of hydrogen-bond donors (Lipinski definition) is 0. The maximum atomic E-state index is 10.7. The van der Waals surface area contributed by atoms with Crippen molar-refractivity contribution in [3.05, 3.63) is 12.7 Å². The summed E-state index contributed by atoms with van der Waals surface area (Å²) in [5, 5.41) is 0.516. The zero-order valence-electron chi connectivity index (χ0n) is 7.12. The first kappa shape index (κ1) is 9.65. The first-order valence-corrected chi connectivity index (χ1v) is 5.13. The highest BCUT2D eigenvalue weighted by Crippen LogP contribution is 2.28. The van der Waals surface area contributed by atoms with Gasteiger partial charge in [-0.15, -0.1) is 0 Å². The summed E-state index contributed by atoms with van der Waals surface area (Å²) in [6.07, 6.45) is 7.42. The zero-order chi connectivity index (χ0) is 8.81. The van der Waals surface area contributed by atoms with Crippen molar-refractivity contribution in [1.82, 2.24) is 0 Å². The van der Waals surface area contributed by atoms with Crippen LogP contribution in [0.1, 0.15) is 32.1 Å². The van der Waals surface area contributed by atoms with Crippen molar-refractivity contribution in [2.24, 2.45) is 0 Å². The SMILES string of the molecule is C=CC(=O)OSC1CCCCC1. The highest BCUT2D eigenvalue weighted by Gasteiger charge is 2.15. The van der Waals surface area contributed by atoms with Gasteiger partial charge in [0, 0.05) is 11.3 Å². The summed E-state index contributed by atoms with van der Waals surface area (Å²) in [6.45, 7) is 3.34. The highest BCUT2D eigenvalue weighted by atomic mass is 32.2. The molecule has 0 spiro atoms. The molecule has 0 aliphatic heterocycles. The van der Waals surface area contributed by atoms with Crippen LogP contribution in [0.5, 0.6) is 0 Å². The van der Waals surface area contributed by atoms with Gasteiger partial charge in [-0.1, -0.05) is 25.8 Å². The molecule has 68 valence electrons. The summed E-state index contributed by atoms with van der Waals surface area (Å²) in [6, 6.07) is 0. The first-order chi connectivity index (χ1) is 5.83. The second-order valence-corrected chi connectivity index (χ2v) is 3.99. The van der Waals surface area contributed by atoms with Gasteiger partial charge < -0.3 is 4.18 Å². The van der Waals surface area contributed by atoms with Crippen LogP contribution in [0.3, 0.4) is 0 Å². The topological polar surface area (TPSA) is 26.3 Å². The lowest BCUT2D eigenvalue weighted by Gasteiger charge is -2.18. The van der Waals surface area contributed by atoms with Crippen molar-refractivity contribution < 1.29 is 8.98 Å². The van der Waals surface area contributed by atoms with E-state index in [4.69, 9.17) is 4.18 Å². The Kier molecular flexibility index (Phi) is 4.22. The molecule has 0 unspecified atom stereocenters. The van der Waals surface area contributed by atoms with Crippen LogP contribution in [-0.4, -0.2) is 11.2 Å². The predicted molar refractivity (Wildman–Crippen MR) is 50.8 cm³/mol. The van der Waals surface area contributed by atoms with Crippen LogP contribution in [0.4, 0.5) is 0 Å². The lowest BCUT2D eigenvalue weighted by Crippen LogP contribution is -2.09. The maximum absolute atomic E-state index is 10.7. The standard InChI is InChI=1S/C9H14O2S/c1-2-9(10)11-12-8-6-4-3-5-7-8/h2,8H,1,3-7H2. The molecule has 1 saturated carbocycles. The number of hydrogen-bond acceptors (Lipinski definition) is 3. The van der Waals surface area contributed by atoms with E-state index in [-0.39, 0.29) is 5.97 Å². The van der Waals surface area contributed by atoms with Crippen molar-refractivity contribution in [2.45, 2.75) is 37.4 Å². The molecule has 0 aromatic heterocycles. The maximum Gasteiger partial charge on any atom is 0.342 e. The Hall–Kier alpha value is -0.440. The van der Waals surface area contributed by atoms with E-state index in [1.807, 2.05) is 0 Å². The number of carbonyl (C=O) groups excluding carboxylic acids is 1. The summed E-state index contributed by atoms with van der Waals surface area (Å²) in [5.41, 5.74) is 0. The van der Waals surface area contributed by atoms with Gasteiger partial charge in [0.2, 0.25) is 0 Å². The van der Waals surface area contributed by atoms with Crippen molar-refractivity contribution in [2.75, 3.05) is 0 Å². The quantitative estimate of drug-likeness (QED) is 0.500. The second-order valence-electron chi connectivity index (χ2n) is 2.96. The van der Waals surface area contributed by atoms with E-state index < -0.39 is 0 Å². The molecule has 1 rings (SSSR count). The van der Waals surface area contributed by atoms with Crippen molar-refractivity contribution >= 4 is 18.0 Å². The molecule has 0 atom stereocenters. The Morgan fingerprint density at radius 3 is 2.67 bits per heavy atom. The first-order valence-electron chi connectivity index (χ1n) is 4.32. The fraction of sp³-hybridized carbons (Fsp3) is 0.667. The van der Waals surface area contributed by atoms with Crippen LogP contribution < -0.4 is 0 Å². The Balaban J connectivity index is 2.12. The molecule has 0 heterocycles. The molecule has 1 aliphatic carbocycles. The van der Waals surface area contributed by atoms with Crippen LogP contribution in [0.15, 0.2) is 12.7 Å². The smallest absolute Gasteiger partial charge is 0.342 e. The third-order valence-electron chi connectivity index (χ3n) is 1.99. The third-order valence-corrected chi connectivity index (χ3v) is 2.99. The Morgan fingerprint density at radius 1 is 1.42 bits per heavy atom. The van der Waals surface area contributed by atoms with Crippen molar-refractivity contribution in [3.63, 3.8) is 0 Å². The van der Waals surface area contributed by atoms with E-state index in [0.29, 0.717) is 5.25 Å². The summed E-state index contributed by atoms with van der Waals surface area (Å²) >= 11 is 1.31. The Morgan fingerprint density at radius 2 is 2.08 bits per heavy atom. The molecule has 0 aromatic carbocycles. The van der Waals surface area contributed by atoms with Gasteiger partial charge in [-0.2, -0.15) is 0 Å². The minimum atomic E-state index is -0.328. The van der Waals surface area contributed by atoms with Crippen LogP contribution in [-0.2, 0) is 8.98 Å². The van der Waals surface area contributed by atoms with Gasteiger partial charge >= 0.3 is 5.97 Å². The minimum Gasteiger partial charge on any atom is -0.388 e. The molecule has 0 N–H and O–H groups in total. The Bertz CT molecular complexity index is 162. The van der Waals surface area contributed by atoms with Crippen molar-refractivity contribution in [3.8, 4) is 0 Å². The summed E-state index contributed by atoms with van der Waals surface area (Å²) in [4.78, 5) is 10.7. The van der Waals surface area contributed by atoms with Crippen LogP contribution >= 0.6 is 12.0 Å². The molecule has 1 aliphatic rings. The molecule has 0 radical (unpaired) electrons. The van der Waals surface area contributed by atoms with Gasteiger partial charge in [-0.3, -0.25) is 0 Å². The largest absolute Gasteiger partial charge is 0.388 e. The molecular formula is C9H14O2S. The van der Waals surface area contributed by atoms with E-state index in [9.17, 15) is 4.79 Å². The summed E-state index contributed by atoms with van der Waals surface area (Å²) in [7, 11) is 0. The minimum absolute atomic E-state index is 0.328. The fourth-order valence-corrected chi connectivity index (χ4v) is 2.14. The van der Waals surface area contributed by atoms with E-state index >= 15 is 0 Å². The third kappa shape index (κ3) is 3.30. The number of rotatable bonds is 3. The average Bonchev–Trinajstić information content (AvgIpc) is 2.16. The Labute approximate surface area is 77.6 Å². The fourth-order valence-electron chi connectivity index (χ4n) is 1.31. The second kappa shape index (κ2) is 5.25. The van der Waals surface area contributed by atoms with Gasteiger partial charge in [0.25, 0.3) is 0 Å². The predicted octanol–water partition coefficient (Wildman–Crippen LogP) is 2.70. The molecule has 0 aromatic rings. The molecule has 0 amide bonds. The van der Waals surface area contributed by atoms with E-state index in [1.165, 1.54) is 50.2 Å². The van der Waals surface area contributed by atoms with Crippen LogP contribution in [0, 0.1) is 0 Å².